The van der Waals surface area contributed by atoms with Crippen molar-refractivity contribution in [3.8, 4) is 0 Å². The summed E-state index contributed by atoms with van der Waals surface area (Å²) in [6.07, 6.45) is 1.68. The van der Waals surface area contributed by atoms with Crippen LogP contribution in [-0.4, -0.2) is 28.3 Å². The quantitative estimate of drug-likeness (QED) is 0.653. The number of Topliss-reactive ketones (excluding diaryl/α,β-unsaturated/α-hetero) is 1. The fraction of sp³-hybridized carbons (Fsp3) is 0.556. The predicted molar refractivity (Wildman–Crippen MR) is 48.6 cm³/mol. The maximum absolute atomic E-state index is 11.4. The Balaban J connectivity index is 2.54. The molecule has 0 spiro atoms. The second kappa shape index (κ2) is 4.18. The summed E-state index contributed by atoms with van der Waals surface area (Å²) in [6, 6.07) is 1.69. The summed E-state index contributed by atoms with van der Waals surface area (Å²) in [4.78, 5) is 11.4. The Hall–Kier alpha value is -1.16. The van der Waals surface area contributed by atoms with Crippen molar-refractivity contribution < 1.29 is 9.53 Å². The molecule has 0 aliphatic carbocycles. The van der Waals surface area contributed by atoms with Crippen molar-refractivity contribution in [2.75, 3.05) is 6.61 Å². The van der Waals surface area contributed by atoms with Gasteiger partial charge in [-0.05, 0) is 19.9 Å². The molecule has 0 aliphatic rings. The van der Waals surface area contributed by atoms with Crippen LogP contribution in [0.1, 0.15) is 24.3 Å². The third-order valence-electron chi connectivity index (χ3n) is 1.65. The van der Waals surface area contributed by atoms with E-state index in [2.05, 4.69) is 5.10 Å². The van der Waals surface area contributed by atoms with Gasteiger partial charge in [-0.2, -0.15) is 5.10 Å². The number of aryl methyl sites for hydroxylation is 1. The minimum Gasteiger partial charge on any atom is -0.371 e. The minimum absolute atomic E-state index is 0.0336. The molecule has 0 atom stereocenters. The minimum atomic E-state index is -0.0336. The number of hydrogen-bond acceptors (Lipinski definition) is 3. The number of carbonyl (C=O) groups is 1. The molecule has 72 valence electrons. The molecule has 1 aromatic rings. The highest BCUT2D eigenvalue weighted by Gasteiger charge is 2.10. The molecule has 0 saturated carbocycles. The first-order chi connectivity index (χ1) is 6.11. The van der Waals surface area contributed by atoms with Crippen LogP contribution in [0.3, 0.4) is 0 Å². The number of carbonyl (C=O) groups excluding carboxylic acids is 1. The average Bonchev–Trinajstić information content (AvgIpc) is 2.47. The van der Waals surface area contributed by atoms with Crippen LogP contribution < -0.4 is 0 Å². The van der Waals surface area contributed by atoms with Crippen LogP contribution >= 0.6 is 0 Å². The number of rotatable bonds is 4. The lowest BCUT2D eigenvalue weighted by Crippen LogP contribution is -2.16. The Morgan fingerprint density at radius 2 is 2.38 bits per heavy atom. The van der Waals surface area contributed by atoms with Crippen LogP contribution in [0.2, 0.25) is 0 Å². The van der Waals surface area contributed by atoms with Gasteiger partial charge in [-0.3, -0.25) is 9.48 Å². The number of nitrogens with zero attached hydrogens (tertiary/aromatic N) is 2. The third-order valence-corrected chi connectivity index (χ3v) is 1.65. The van der Waals surface area contributed by atoms with Gasteiger partial charge in [0, 0.05) is 13.2 Å². The van der Waals surface area contributed by atoms with E-state index in [0.717, 1.165) is 0 Å². The van der Waals surface area contributed by atoms with Gasteiger partial charge in [-0.15, -0.1) is 0 Å². The van der Waals surface area contributed by atoms with Crippen LogP contribution in [0, 0.1) is 0 Å². The lowest BCUT2D eigenvalue weighted by atomic mass is 10.3. The molecule has 4 nitrogen and oxygen atoms in total. The van der Waals surface area contributed by atoms with Crippen LogP contribution in [0.15, 0.2) is 12.3 Å². The lowest BCUT2D eigenvalue weighted by molar-refractivity contribution is 0.0577. The molecule has 0 aliphatic heterocycles. The summed E-state index contributed by atoms with van der Waals surface area (Å²) in [5, 5.41) is 3.91. The monoisotopic (exact) mass is 182 g/mol. The zero-order chi connectivity index (χ0) is 9.84. The predicted octanol–water partition coefficient (Wildman–Crippen LogP) is 1.03. The number of hydrogen-bond donors (Lipinski definition) is 0. The zero-order valence-corrected chi connectivity index (χ0v) is 8.15. The SMILES string of the molecule is CC(C)OCC(=O)c1ccnn1C. The summed E-state index contributed by atoms with van der Waals surface area (Å²) in [5.41, 5.74) is 0.584. The fourth-order valence-electron chi connectivity index (χ4n) is 0.964. The molecule has 0 unspecified atom stereocenters. The summed E-state index contributed by atoms with van der Waals surface area (Å²) in [5.74, 6) is -0.0336. The first-order valence-electron chi connectivity index (χ1n) is 4.24. The molecule has 1 aromatic heterocycles. The van der Waals surface area contributed by atoms with E-state index in [1.165, 1.54) is 0 Å². The largest absolute Gasteiger partial charge is 0.371 e. The molecule has 0 radical (unpaired) electrons. The first-order valence-corrected chi connectivity index (χ1v) is 4.24. The van der Waals surface area contributed by atoms with Crippen molar-refractivity contribution in [3.05, 3.63) is 18.0 Å². The van der Waals surface area contributed by atoms with E-state index in [-0.39, 0.29) is 18.5 Å². The normalized spacial score (nSPS) is 10.8. The molecular weight excluding hydrogens is 168 g/mol. The molecule has 0 aromatic carbocycles. The Morgan fingerprint density at radius 1 is 1.69 bits per heavy atom. The second-order valence-electron chi connectivity index (χ2n) is 3.12. The van der Waals surface area contributed by atoms with E-state index in [1.807, 2.05) is 13.8 Å². The molecule has 1 rings (SSSR count). The van der Waals surface area contributed by atoms with Crippen molar-refractivity contribution in [1.82, 2.24) is 9.78 Å². The van der Waals surface area contributed by atoms with Gasteiger partial charge >= 0.3 is 0 Å². The van der Waals surface area contributed by atoms with Crippen LogP contribution in [-0.2, 0) is 11.8 Å². The van der Waals surface area contributed by atoms with Crippen molar-refractivity contribution in [1.29, 1.82) is 0 Å². The molecule has 1 heterocycles. The molecular formula is C9H14N2O2. The fourth-order valence-corrected chi connectivity index (χ4v) is 0.964. The van der Waals surface area contributed by atoms with Gasteiger partial charge in [0.05, 0.1) is 6.10 Å². The highest BCUT2D eigenvalue weighted by atomic mass is 16.5. The van der Waals surface area contributed by atoms with Crippen LogP contribution in [0.5, 0.6) is 0 Å². The topological polar surface area (TPSA) is 44.1 Å². The number of aromatic nitrogens is 2. The summed E-state index contributed by atoms with van der Waals surface area (Å²) in [6.45, 7) is 3.92. The van der Waals surface area contributed by atoms with Crippen molar-refractivity contribution in [2.45, 2.75) is 20.0 Å². The van der Waals surface area contributed by atoms with Gasteiger partial charge in [0.25, 0.3) is 0 Å². The smallest absolute Gasteiger partial charge is 0.206 e. The van der Waals surface area contributed by atoms with E-state index < -0.39 is 0 Å². The van der Waals surface area contributed by atoms with Crippen molar-refractivity contribution in [2.24, 2.45) is 7.05 Å². The Bertz CT molecular complexity index is 292. The summed E-state index contributed by atoms with van der Waals surface area (Å²) >= 11 is 0. The lowest BCUT2D eigenvalue weighted by Gasteiger charge is -2.06. The summed E-state index contributed by atoms with van der Waals surface area (Å²) in [7, 11) is 1.74. The van der Waals surface area contributed by atoms with Gasteiger partial charge in [-0.1, -0.05) is 0 Å². The van der Waals surface area contributed by atoms with E-state index in [1.54, 1.807) is 24.0 Å². The van der Waals surface area contributed by atoms with E-state index in [4.69, 9.17) is 4.74 Å². The van der Waals surface area contributed by atoms with E-state index in [9.17, 15) is 4.79 Å². The molecule has 0 N–H and O–H groups in total. The van der Waals surface area contributed by atoms with Crippen molar-refractivity contribution >= 4 is 5.78 Å². The Morgan fingerprint density at radius 3 is 2.85 bits per heavy atom. The Labute approximate surface area is 77.5 Å². The molecule has 4 heteroatoms. The van der Waals surface area contributed by atoms with Gasteiger partial charge in [0.15, 0.2) is 0 Å². The highest BCUT2D eigenvalue weighted by molar-refractivity contribution is 5.95. The van der Waals surface area contributed by atoms with E-state index in [0.29, 0.717) is 5.69 Å². The van der Waals surface area contributed by atoms with Crippen molar-refractivity contribution in [3.63, 3.8) is 0 Å². The maximum atomic E-state index is 11.4. The van der Waals surface area contributed by atoms with Gasteiger partial charge in [-0.25, -0.2) is 0 Å². The highest BCUT2D eigenvalue weighted by Crippen LogP contribution is 1.99. The van der Waals surface area contributed by atoms with Crippen LogP contribution in [0.4, 0.5) is 0 Å². The van der Waals surface area contributed by atoms with Gasteiger partial charge in [0.2, 0.25) is 5.78 Å². The first kappa shape index (κ1) is 9.92. The standard InChI is InChI=1S/C9H14N2O2/c1-7(2)13-6-9(12)8-4-5-10-11(8)3/h4-5,7H,6H2,1-3H3. The van der Waals surface area contributed by atoms with Crippen LogP contribution in [0.25, 0.3) is 0 Å². The average molecular weight is 182 g/mol. The number of ketones is 1. The number of ether oxygens (including phenoxy) is 1. The molecule has 0 fully saturated rings. The third kappa shape index (κ3) is 2.66. The zero-order valence-electron chi connectivity index (χ0n) is 8.15. The van der Waals surface area contributed by atoms with E-state index >= 15 is 0 Å². The van der Waals surface area contributed by atoms with Gasteiger partial charge < -0.3 is 4.74 Å². The molecule has 0 amide bonds. The van der Waals surface area contributed by atoms with Gasteiger partial charge in [0.1, 0.15) is 12.3 Å². The molecule has 0 bridgehead atoms. The molecule has 13 heavy (non-hydrogen) atoms. The second-order valence-corrected chi connectivity index (χ2v) is 3.12. The summed E-state index contributed by atoms with van der Waals surface area (Å²) < 4.78 is 6.74. The molecule has 0 saturated heterocycles. The maximum Gasteiger partial charge on any atom is 0.206 e. The Kier molecular flexibility index (Phi) is 3.19.